The lowest BCUT2D eigenvalue weighted by molar-refractivity contribution is -0.137. The number of carbonyl (C=O) groups excluding carboxylic acids is 2. The number of hydrogen-bond acceptors (Lipinski definition) is 5. The number of benzene rings is 3. The number of nitrogens with zero attached hydrogens (tertiary/aromatic N) is 2. The van der Waals surface area contributed by atoms with Crippen molar-refractivity contribution in [2.24, 2.45) is 0 Å². The fraction of sp³-hybridized carbons (Fsp3) is 0.265. The summed E-state index contributed by atoms with van der Waals surface area (Å²) in [4.78, 5) is 29.5. The van der Waals surface area contributed by atoms with Gasteiger partial charge in [-0.3, -0.25) is 0 Å². The Hall–Kier alpha value is -4.65. The van der Waals surface area contributed by atoms with Crippen LogP contribution in [0.3, 0.4) is 0 Å². The van der Waals surface area contributed by atoms with Gasteiger partial charge < -0.3 is 19.4 Å². The zero-order valence-electron chi connectivity index (χ0n) is 24.0. The van der Waals surface area contributed by atoms with Crippen molar-refractivity contribution in [2.75, 3.05) is 6.61 Å². The Labute approximate surface area is 241 Å². The SMILES string of the molecule is CCOC(=O)/C=C/C(Cc1cn(C(c2ccccc2)(c2ccccc2)c2ccccc2)cn1)NC(=O)OC(C)(C)C. The second-order valence-corrected chi connectivity index (χ2v) is 10.6. The van der Waals surface area contributed by atoms with E-state index in [9.17, 15) is 9.59 Å². The third-order valence-corrected chi connectivity index (χ3v) is 6.48. The largest absolute Gasteiger partial charge is 0.463 e. The van der Waals surface area contributed by atoms with Gasteiger partial charge in [0.1, 0.15) is 11.1 Å². The Morgan fingerprint density at radius 2 is 1.39 bits per heavy atom. The molecular weight excluding hydrogens is 514 g/mol. The van der Waals surface area contributed by atoms with Gasteiger partial charge in [0.05, 0.1) is 24.7 Å². The molecule has 41 heavy (non-hydrogen) atoms. The van der Waals surface area contributed by atoms with Crippen molar-refractivity contribution in [3.8, 4) is 0 Å². The molecule has 0 aliphatic heterocycles. The van der Waals surface area contributed by atoms with Crippen LogP contribution in [0, 0.1) is 0 Å². The number of ether oxygens (including phenoxy) is 2. The van der Waals surface area contributed by atoms with Crippen LogP contribution in [0.4, 0.5) is 4.79 Å². The first-order valence-corrected chi connectivity index (χ1v) is 13.8. The van der Waals surface area contributed by atoms with Gasteiger partial charge in [0, 0.05) is 18.7 Å². The standard InChI is InChI=1S/C34H37N3O4/c1-5-40-31(38)22-21-29(36-32(39)41-33(2,3)4)23-30-24-37(25-35-30)34(26-15-9-6-10-16-26,27-17-11-7-12-18-27)28-19-13-8-14-20-28/h6-22,24-25,29H,5,23H2,1-4H3,(H,36,39)/b22-21+. The van der Waals surface area contributed by atoms with Crippen molar-refractivity contribution >= 4 is 12.1 Å². The highest BCUT2D eigenvalue weighted by Crippen LogP contribution is 2.40. The average Bonchev–Trinajstić information content (AvgIpc) is 3.41. The minimum atomic E-state index is -0.704. The van der Waals surface area contributed by atoms with Crippen molar-refractivity contribution in [3.05, 3.63) is 138 Å². The second kappa shape index (κ2) is 13.1. The van der Waals surface area contributed by atoms with Crippen LogP contribution < -0.4 is 5.32 Å². The first-order valence-electron chi connectivity index (χ1n) is 13.8. The van der Waals surface area contributed by atoms with E-state index >= 15 is 0 Å². The molecule has 0 fully saturated rings. The number of hydrogen-bond donors (Lipinski definition) is 1. The molecule has 0 saturated heterocycles. The third kappa shape index (κ3) is 7.31. The maximum absolute atomic E-state index is 12.6. The summed E-state index contributed by atoms with van der Waals surface area (Å²) >= 11 is 0. The molecule has 7 nitrogen and oxygen atoms in total. The molecule has 4 rings (SSSR count). The third-order valence-electron chi connectivity index (χ3n) is 6.48. The molecule has 0 aliphatic carbocycles. The number of aromatic nitrogens is 2. The molecular formula is C34H37N3O4. The highest BCUT2D eigenvalue weighted by Gasteiger charge is 2.38. The number of rotatable bonds is 10. The maximum Gasteiger partial charge on any atom is 0.408 e. The molecule has 212 valence electrons. The summed E-state index contributed by atoms with van der Waals surface area (Å²) in [5.74, 6) is -0.481. The van der Waals surface area contributed by atoms with Crippen LogP contribution in [0.1, 0.15) is 50.1 Å². The molecule has 1 N–H and O–H groups in total. The Kier molecular flexibility index (Phi) is 9.40. The van der Waals surface area contributed by atoms with Crippen LogP contribution in [0.15, 0.2) is 116 Å². The summed E-state index contributed by atoms with van der Waals surface area (Å²) < 4.78 is 12.6. The summed E-state index contributed by atoms with van der Waals surface area (Å²) in [6, 6.07) is 30.4. The number of alkyl carbamates (subject to hydrolysis) is 1. The quantitative estimate of drug-likeness (QED) is 0.143. The number of nitrogens with one attached hydrogen (secondary N) is 1. The molecule has 7 heteroatoms. The summed E-state index contributed by atoms with van der Waals surface area (Å²) in [6.07, 6.45) is 6.50. The van der Waals surface area contributed by atoms with Crippen LogP contribution in [-0.2, 0) is 26.2 Å². The maximum atomic E-state index is 12.6. The van der Waals surface area contributed by atoms with Crippen molar-refractivity contribution in [1.82, 2.24) is 14.9 Å². The van der Waals surface area contributed by atoms with Crippen LogP contribution in [0.2, 0.25) is 0 Å². The predicted molar refractivity (Wildman–Crippen MR) is 159 cm³/mol. The molecule has 0 spiro atoms. The van der Waals surface area contributed by atoms with Crippen LogP contribution >= 0.6 is 0 Å². The second-order valence-electron chi connectivity index (χ2n) is 10.6. The highest BCUT2D eigenvalue weighted by atomic mass is 16.6. The van der Waals surface area contributed by atoms with E-state index in [-0.39, 0.29) is 6.61 Å². The van der Waals surface area contributed by atoms with Gasteiger partial charge >= 0.3 is 12.1 Å². The van der Waals surface area contributed by atoms with E-state index in [4.69, 9.17) is 14.5 Å². The van der Waals surface area contributed by atoms with E-state index < -0.39 is 29.2 Å². The molecule has 1 unspecified atom stereocenters. The van der Waals surface area contributed by atoms with Gasteiger partial charge in [-0.25, -0.2) is 14.6 Å². The van der Waals surface area contributed by atoms with Gasteiger partial charge in [-0.1, -0.05) is 97.1 Å². The topological polar surface area (TPSA) is 82.5 Å². The molecule has 0 aliphatic rings. The van der Waals surface area contributed by atoms with Gasteiger partial charge in [0.2, 0.25) is 0 Å². The van der Waals surface area contributed by atoms with Gasteiger partial charge in [-0.15, -0.1) is 0 Å². The zero-order valence-corrected chi connectivity index (χ0v) is 24.0. The fourth-order valence-electron chi connectivity index (χ4n) is 4.87. The monoisotopic (exact) mass is 551 g/mol. The first-order chi connectivity index (χ1) is 19.7. The Balaban J connectivity index is 1.77. The van der Waals surface area contributed by atoms with E-state index in [2.05, 4.69) is 46.3 Å². The number of imidazole rings is 1. The number of amides is 1. The summed E-state index contributed by atoms with van der Waals surface area (Å²) in [7, 11) is 0. The average molecular weight is 552 g/mol. The number of carbonyl (C=O) groups is 2. The molecule has 0 saturated carbocycles. The van der Waals surface area contributed by atoms with Crippen molar-refractivity contribution in [2.45, 2.75) is 51.3 Å². The molecule has 1 aromatic heterocycles. The lowest BCUT2D eigenvalue weighted by Crippen LogP contribution is -2.39. The zero-order chi connectivity index (χ0) is 29.3. The Morgan fingerprint density at radius 3 is 1.85 bits per heavy atom. The normalized spacial score (nSPS) is 12.6. The predicted octanol–water partition coefficient (Wildman–Crippen LogP) is 6.28. The molecule has 3 aromatic carbocycles. The Bertz CT molecular complexity index is 1340. The van der Waals surface area contributed by atoms with Crippen LogP contribution in [0.5, 0.6) is 0 Å². The smallest absolute Gasteiger partial charge is 0.408 e. The Morgan fingerprint density at radius 1 is 0.878 bits per heavy atom. The fourth-order valence-corrected chi connectivity index (χ4v) is 4.87. The molecule has 0 radical (unpaired) electrons. The van der Waals surface area contributed by atoms with Crippen LogP contribution in [0.25, 0.3) is 0 Å². The summed E-state index contributed by atoms with van der Waals surface area (Å²) in [6.45, 7) is 7.40. The highest BCUT2D eigenvalue weighted by molar-refractivity contribution is 5.82. The van der Waals surface area contributed by atoms with E-state index in [0.29, 0.717) is 6.42 Å². The lowest BCUT2D eigenvalue weighted by atomic mass is 9.77. The van der Waals surface area contributed by atoms with Gasteiger partial charge in [0.15, 0.2) is 0 Å². The van der Waals surface area contributed by atoms with Gasteiger partial charge in [0.25, 0.3) is 0 Å². The lowest BCUT2D eigenvalue weighted by Gasteiger charge is -2.37. The van der Waals surface area contributed by atoms with Gasteiger partial charge in [-0.05, 0) is 44.4 Å². The van der Waals surface area contributed by atoms with E-state index in [1.54, 1.807) is 33.8 Å². The molecule has 1 amide bonds. The minimum Gasteiger partial charge on any atom is -0.463 e. The first kappa shape index (κ1) is 29.3. The molecule has 0 bridgehead atoms. The molecule has 4 aromatic rings. The number of esters is 1. The van der Waals surface area contributed by atoms with Crippen molar-refractivity contribution in [1.29, 1.82) is 0 Å². The van der Waals surface area contributed by atoms with Crippen LogP contribution in [-0.4, -0.2) is 39.9 Å². The molecule has 1 heterocycles. The van der Waals surface area contributed by atoms with Crippen molar-refractivity contribution < 1.29 is 19.1 Å². The van der Waals surface area contributed by atoms with E-state index in [0.717, 1.165) is 22.4 Å². The minimum absolute atomic E-state index is 0.262. The van der Waals surface area contributed by atoms with E-state index in [1.807, 2.05) is 67.1 Å². The summed E-state index contributed by atoms with van der Waals surface area (Å²) in [5.41, 5.74) is 2.59. The van der Waals surface area contributed by atoms with E-state index in [1.165, 1.54) is 6.08 Å². The van der Waals surface area contributed by atoms with Gasteiger partial charge in [-0.2, -0.15) is 0 Å². The summed E-state index contributed by atoms with van der Waals surface area (Å²) in [5, 5.41) is 2.86. The van der Waals surface area contributed by atoms with Crippen molar-refractivity contribution in [3.63, 3.8) is 0 Å². The molecule has 1 atom stereocenters.